The number of carbonyl (C=O) groups is 1. The number of hydrogen-bond acceptors (Lipinski definition) is 8. The lowest BCUT2D eigenvalue weighted by Gasteiger charge is -2.28. The standard InChI is InChI=1S/C31H36N8O3S/c1-5-36(6-2)23-11-13-27(21(4)16-23)38-34-25-17-20(3)24(19-26(25)35-38)32-31(43)33-30(40)22-10-12-28(29(18-22)39(41)42)37-14-8-7-9-15-37/h10-13,16-19H,5-9,14-15H2,1-4H3,(H2,32,33,40,43). The number of aromatic nitrogens is 3. The van der Waals surface area contributed by atoms with E-state index in [1.54, 1.807) is 16.9 Å². The highest BCUT2D eigenvalue weighted by Crippen LogP contribution is 2.31. The number of nitrogens with one attached hydrogen (secondary N) is 2. The van der Waals surface area contributed by atoms with Gasteiger partial charge < -0.3 is 15.1 Å². The number of rotatable bonds is 8. The Kier molecular flexibility index (Phi) is 8.86. The topological polar surface area (TPSA) is 121 Å². The summed E-state index contributed by atoms with van der Waals surface area (Å²) in [5.41, 5.74) is 6.66. The second kappa shape index (κ2) is 12.7. The average molecular weight is 601 g/mol. The molecule has 1 amide bonds. The highest BCUT2D eigenvalue weighted by Gasteiger charge is 2.23. The summed E-state index contributed by atoms with van der Waals surface area (Å²) in [4.78, 5) is 30.3. The number of thiocarbonyl (C=S) groups is 1. The molecule has 0 bridgehead atoms. The zero-order valence-corrected chi connectivity index (χ0v) is 25.7. The molecule has 43 heavy (non-hydrogen) atoms. The Morgan fingerprint density at radius 2 is 1.63 bits per heavy atom. The molecule has 1 aromatic heterocycles. The number of piperidine rings is 1. The van der Waals surface area contributed by atoms with Gasteiger partial charge in [0.1, 0.15) is 16.7 Å². The highest BCUT2D eigenvalue weighted by molar-refractivity contribution is 7.80. The minimum absolute atomic E-state index is 0.0745. The summed E-state index contributed by atoms with van der Waals surface area (Å²) in [6, 6.07) is 14.6. The van der Waals surface area contributed by atoms with Crippen LogP contribution in [0.2, 0.25) is 0 Å². The van der Waals surface area contributed by atoms with Crippen molar-refractivity contribution in [2.24, 2.45) is 0 Å². The molecular formula is C31H36N8O3S. The van der Waals surface area contributed by atoms with Crippen LogP contribution in [0.5, 0.6) is 0 Å². The van der Waals surface area contributed by atoms with Crippen molar-refractivity contribution in [1.29, 1.82) is 0 Å². The Morgan fingerprint density at radius 3 is 2.28 bits per heavy atom. The first kappa shape index (κ1) is 29.9. The molecule has 3 aromatic carbocycles. The molecule has 11 nitrogen and oxygen atoms in total. The molecule has 0 atom stereocenters. The van der Waals surface area contributed by atoms with Crippen LogP contribution in [0, 0.1) is 24.0 Å². The number of anilines is 3. The Morgan fingerprint density at radius 1 is 0.953 bits per heavy atom. The van der Waals surface area contributed by atoms with E-state index in [-0.39, 0.29) is 16.4 Å². The molecule has 1 aliphatic rings. The van der Waals surface area contributed by atoms with Crippen LogP contribution in [0.25, 0.3) is 16.7 Å². The summed E-state index contributed by atoms with van der Waals surface area (Å²) < 4.78 is 0. The predicted molar refractivity (Wildman–Crippen MR) is 175 cm³/mol. The molecule has 1 aliphatic heterocycles. The van der Waals surface area contributed by atoms with Gasteiger partial charge in [-0.3, -0.25) is 20.2 Å². The maximum Gasteiger partial charge on any atom is 0.293 e. The largest absolute Gasteiger partial charge is 0.372 e. The number of carbonyl (C=O) groups excluding carboxylic acids is 1. The summed E-state index contributed by atoms with van der Waals surface area (Å²) >= 11 is 5.43. The fraction of sp³-hybridized carbons (Fsp3) is 0.355. The average Bonchev–Trinajstić information content (AvgIpc) is 3.40. The van der Waals surface area contributed by atoms with E-state index in [0.29, 0.717) is 16.9 Å². The molecule has 4 aromatic rings. The Labute approximate surface area is 256 Å². The first-order chi connectivity index (χ1) is 20.7. The van der Waals surface area contributed by atoms with Gasteiger partial charge in [-0.15, -0.1) is 10.2 Å². The van der Waals surface area contributed by atoms with Gasteiger partial charge in [0.05, 0.1) is 10.6 Å². The minimum Gasteiger partial charge on any atom is -0.372 e. The first-order valence-corrected chi connectivity index (χ1v) is 15.0. The fourth-order valence-electron chi connectivity index (χ4n) is 5.50. The molecule has 0 radical (unpaired) electrons. The van der Waals surface area contributed by atoms with E-state index in [9.17, 15) is 14.9 Å². The summed E-state index contributed by atoms with van der Waals surface area (Å²) in [6.07, 6.45) is 3.10. The third-order valence-corrected chi connectivity index (χ3v) is 8.06. The number of nitro groups is 1. The molecule has 0 saturated carbocycles. The molecule has 1 saturated heterocycles. The molecule has 224 valence electrons. The third kappa shape index (κ3) is 6.43. The van der Waals surface area contributed by atoms with Crippen LogP contribution in [0.1, 0.15) is 54.6 Å². The molecule has 12 heteroatoms. The minimum atomic E-state index is -0.529. The van der Waals surface area contributed by atoms with E-state index in [2.05, 4.69) is 41.5 Å². The summed E-state index contributed by atoms with van der Waals surface area (Å²) in [5, 5.41) is 27.0. The zero-order valence-electron chi connectivity index (χ0n) is 24.9. The van der Waals surface area contributed by atoms with Crippen LogP contribution < -0.4 is 20.4 Å². The predicted octanol–water partition coefficient (Wildman–Crippen LogP) is 5.91. The van der Waals surface area contributed by atoms with Gasteiger partial charge in [0.25, 0.3) is 11.6 Å². The van der Waals surface area contributed by atoms with E-state index < -0.39 is 10.8 Å². The van der Waals surface area contributed by atoms with Crippen LogP contribution in [-0.4, -0.2) is 57.1 Å². The normalized spacial score (nSPS) is 13.2. The van der Waals surface area contributed by atoms with Crippen molar-refractivity contribution in [1.82, 2.24) is 20.3 Å². The number of nitrogens with zero attached hydrogens (tertiary/aromatic N) is 6. The van der Waals surface area contributed by atoms with Crippen molar-refractivity contribution >= 4 is 57.0 Å². The molecule has 0 unspecified atom stereocenters. The Balaban J connectivity index is 1.31. The van der Waals surface area contributed by atoms with Gasteiger partial charge in [-0.05, 0) is 113 Å². The number of nitro benzene ring substituents is 1. The van der Waals surface area contributed by atoms with Gasteiger partial charge in [0.15, 0.2) is 5.11 Å². The molecule has 1 fully saturated rings. The maximum atomic E-state index is 13.0. The second-order valence-electron chi connectivity index (χ2n) is 10.7. The lowest BCUT2D eigenvalue weighted by molar-refractivity contribution is -0.384. The van der Waals surface area contributed by atoms with Crippen molar-refractivity contribution in [3.63, 3.8) is 0 Å². The van der Waals surface area contributed by atoms with Gasteiger partial charge in [0, 0.05) is 49.2 Å². The van der Waals surface area contributed by atoms with Gasteiger partial charge >= 0.3 is 0 Å². The molecule has 2 heterocycles. The zero-order chi connectivity index (χ0) is 30.7. The number of fused-ring (bicyclic) bond motifs is 1. The lowest BCUT2D eigenvalue weighted by Crippen LogP contribution is -2.34. The Hall–Kier alpha value is -4.58. The van der Waals surface area contributed by atoms with E-state index in [1.165, 1.54) is 6.07 Å². The van der Waals surface area contributed by atoms with Gasteiger partial charge in [-0.2, -0.15) is 4.80 Å². The molecule has 0 spiro atoms. The van der Waals surface area contributed by atoms with Crippen LogP contribution in [-0.2, 0) is 0 Å². The maximum absolute atomic E-state index is 13.0. The van der Waals surface area contributed by atoms with E-state index in [4.69, 9.17) is 22.4 Å². The smallest absolute Gasteiger partial charge is 0.293 e. The second-order valence-corrected chi connectivity index (χ2v) is 11.1. The first-order valence-electron chi connectivity index (χ1n) is 14.6. The molecule has 0 aliphatic carbocycles. The number of benzene rings is 3. The molecule has 5 rings (SSSR count). The third-order valence-electron chi connectivity index (χ3n) is 7.86. The van der Waals surface area contributed by atoms with E-state index >= 15 is 0 Å². The Bertz CT molecular complexity index is 1690. The van der Waals surface area contributed by atoms with Gasteiger partial charge in [-0.1, -0.05) is 0 Å². The van der Waals surface area contributed by atoms with Crippen LogP contribution >= 0.6 is 12.2 Å². The summed E-state index contributed by atoms with van der Waals surface area (Å²) in [7, 11) is 0. The lowest BCUT2D eigenvalue weighted by atomic mass is 10.1. The van der Waals surface area contributed by atoms with Crippen molar-refractivity contribution in [2.75, 3.05) is 41.3 Å². The number of amides is 1. The van der Waals surface area contributed by atoms with Gasteiger partial charge in [-0.25, -0.2) is 0 Å². The van der Waals surface area contributed by atoms with Crippen LogP contribution in [0.4, 0.5) is 22.7 Å². The SMILES string of the molecule is CCN(CC)c1ccc(-n2nc3cc(C)c(NC(=S)NC(=O)c4ccc(N5CCCCC5)c([N+](=O)[O-])c4)cc3n2)c(C)c1. The van der Waals surface area contributed by atoms with Crippen molar-refractivity contribution in [3.8, 4) is 5.69 Å². The fourth-order valence-corrected chi connectivity index (χ4v) is 5.70. The quantitative estimate of drug-likeness (QED) is 0.144. The van der Waals surface area contributed by atoms with Crippen molar-refractivity contribution < 1.29 is 9.72 Å². The van der Waals surface area contributed by atoms with Crippen molar-refractivity contribution in [3.05, 3.63) is 75.3 Å². The van der Waals surface area contributed by atoms with E-state index in [1.807, 2.05) is 36.9 Å². The molecule has 2 N–H and O–H groups in total. The number of hydrogen-bond donors (Lipinski definition) is 2. The van der Waals surface area contributed by atoms with E-state index in [0.717, 1.165) is 73.5 Å². The monoisotopic (exact) mass is 600 g/mol. The van der Waals surface area contributed by atoms with Crippen LogP contribution in [0.15, 0.2) is 48.5 Å². The number of aryl methyl sites for hydroxylation is 2. The van der Waals surface area contributed by atoms with Gasteiger partial charge in [0.2, 0.25) is 0 Å². The van der Waals surface area contributed by atoms with Crippen molar-refractivity contribution in [2.45, 2.75) is 47.0 Å². The summed E-state index contributed by atoms with van der Waals surface area (Å²) in [6.45, 7) is 11.6. The summed E-state index contributed by atoms with van der Waals surface area (Å²) in [5.74, 6) is -0.529. The molecular weight excluding hydrogens is 564 g/mol. The van der Waals surface area contributed by atoms with Crippen LogP contribution in [0.3, 0.4) is 0 Å². The highest BCUT2D eigenvalue weighted by atomic mass is 32.1.